The Hall–Kier alpha value is 0.0969. The van der Waals surface area contributed by atoms with E-state index in [0.29, 0.717) is 0 Å². The van der Waals surface area contributed by atoms with Crippen molar-refractivity contribution in [3.63, 3.8) is 0 Å². The van der Waals surface area contributed by atoms with Crippen LogP contribution in [0.2, 0.25) is 6.04 Å². The molecule has 0 saturated carbocycles. The third-order valence-electron chi connectivity index (χ3n) is 1.99. The van der Waals surface area contributed by atoms with E-state index in [1.54, 1.807) is 0 Å². The molecular formula is C7H21N3Si. The van der Waals surface area contributed by atoms with E-state index in [4.69, 9.17) is 0 Å². The molecule has 0 aromatic heterocycles. The molecule has 0 aromatic rings. The Bertz CT molecular complexity index is 93.6. The average molecular weight is 175 g/mol. The lowest BCUT2D eigenvalue weighted by atomic mass is 10.3. The molecule has 0 amide bonds. The maximum absolute atomic E-state index is 3.36. The molecular weight excluding hydrogens is 154 g/mol. The van der Waals surface area contributed by atoms with E-state index < -0.39 is 8.56 Å². The highest BCUT2D eigenvalue weighted by Crippen LogP contribution is 2.07. The SMILES string of the molecule is CN[Si](CC(C)C)(NC)NC. The maximum atomic E-state index is 3.36. The molecule has 0 saturated heterocycles. The smallest absolute Gasteiger partial charge is 0.280 e. The van der Waals surface area contributed by atoms with E-state index in [1.165, 1.54) is 6.04 Å². The lowest BCUT2D eigenvalue weighted by Gasteiger charge is -2.30. The largest absolute Gasteiger partial charge is 0.316 e. The van der Waals surface area contributed by atoms with Gasteiger partial charge in [0.1, 0.15) is 0 Å². The maximum Gasteiger partial charge on any atom is 0.280 e. The van der Waals surface area contributed by atoms with Gasteiger partial charge < -0.3 is 14.9 Å². The molecule has 4 heteroatoms. The molecule has 68 valence electrons. The lowest BCUT2D eigenvalue weighted by molar-refractivity contribution is 0.684. The van der Waals surface area contributed by atoms with Crippen LogP contribution < -0.4 is 14.9 Å². The summed E-state index contributed by atoms with van der Waals surface area (Å²) < 4.78 is 0. The van der Waals surface area contributed by atoms with Crippen molar-refractivity contribution in [1.29, 1.82) is 0 Å². The van der Waals surface area contributed by atoms with Crippen molar-refractivity contribution in [3.8, 4) is 0 Å². The van der Waals surface area contributed by atoms with Gasteiger partial charge in [0.25, 0.3) is 8.56 Å². The quantitative estimate of drug-likeness (QED) is 0.524. The van der Waals surface area contributed by atoms with Crippen molar-refractivity contribution >= 4 is 8.56 Å². The van der Waals surface area contributed by atoms with E-state index in [2.05, 4.69) is 28.8 Å². The molecule has 0 radical (unpaired) electrons. The average Bonchev–Trinajstić information content (AvgIpc) is 2.00. The minimum absolute atomic E-state index is 0.731. The number of nitrogens with one attached hydrogen (secondary N) is 3. The van der Waals surface area contributed by atoms with E-state index in [0.717, 1.165) is 5.92 Å². The van der Waals surface area contributed by atoms with Gasteiger partial charge in [0.15, 0.2) is 0 Å². The van der Waals surface area contributed by atoms with Crippen molar-refractivity contribution in [3.05, 3.63) is 0 Å². The van der Waals surface area contributed by atoms with Crippen LogP contribution >= 0.6 is 0 Å². The molecule has 0 rings (SSSR count). The molecule has 0 unspecified atom stereocenters. The van der Waals surface area contributed by atoms with Crippen LogP contribution in [0.1, 0.15) is 13.8 Å². The van der Waals surface area contributed by atoms with Crippen molar-refractivity contribution in [2.75, 3.05) is 21.1 Å². The van der Waals surface area contributed by atoms with Crippen molar-refractivity contribution in [2.24, 2.45) is 5.92 Å². The molecule has 0 aliphatic heterocycles. The molecule has 0 aromatic carbocycles. The minimum atomic E-state index is -1.53. The summed E-state index contributed by atoms with van der Waals surface area (Å²) in [5.74, 6) is 0.731. The van der Waals surface area contributed by atoms with E-state index in [-0.39, 0.29) is 0 Å². The second kappa shape index (κ2) is 4.87. The van der Waals surface area contributed by atoms with Crippen LogP contribution in [0.5, 0.6) is 0 Å². The molecule has 0 heterocycles. The van der Waals surface area contributed by atoms with Crippen molar-refractivity contribution in [2.45, 2.75) is 19.9 Å². The van der Waals surface area contributed by atoms with Gasteiger partial charge in [0.2, 0.25) is 0 Å². The van der Waals surface area contributed by atoms with Crippen molar-refractivity contribution in [1.82, 2.24) is 14.9 Å². The Morgan fingerprint density at radius 1 is 1.00 bits per heavy atom. The van der Waals surface area contributed by atoms with E-state index >= 15 is 0 Å². The summed E-state index contributed by atoms with van der Waals surface area (Å²) in [6, 6.07) is 1.20. The molecule has 0 aliphatic carbocycles. The van der Waals surface area contributed by atoms with E-state index in [1.807, 2.05) is 21.1 Å². The van der Waals surface area contributed by atoms with Crippen LogP contribution in [0.15, 0.2) is 0 Å². The van der Waals surface area contributed by atoms with Crippen LogP contribution in [0.4, 0.5) is 0 Å². The Labute approximate surface area is 71.2 Å². The number of hydrogen-bond donors (Lipinski definition) is 3. The van der Waals surface area contributed by atoms with Crippen LogP contribution in [-0.4, -0.2) is 29.7 Å². The molecule has 0 fully saturated rings. The highest BCUT2D eigenvalue weighted by atomic mass is 28.4. The predicted molar refractivity (Wildman–Crippen MR) is 52.6 cm³/mol. The van der Waals surface area contributed by atoms with Crippen molar-refractivity contribution < 1.29 is 0 Å². The summed E-state index contributed by atoms with van der Waals surface area (Å²) in [5.41, 5.74) is 0. The minimum Gasteiger partial charge on any atom is -0.316 e. The first-order valence-electron chi connectivity index (χ1n) is 4.17. The van der Waals surface area contributed by atoms with E-state index in [9.17, 15) is 0 Å². The topological polar surface area (TPSA) is 36.1 Å². The lowest BCUT2D eigenvalue weighted by Crippen LogP contribution is -2.69. The summed E-state index contributed by atoms with van der Waals surface area (Å²) in [5, 5.41) is 0. The fourth-order valence-electron chi connectivity index (χ4n) is 1.29. The van der Waals surface area contributed by atoms with Gasteiger partial charge in [-0.25, -0.2) is 0 Å². The summed E-state index contributed by atoms with van der Waals surface area (Å²) in [6.07, 6.45) is 0. The second-order valence-electron chi connectivity index (χ2n) is 3.25. The van der Waals surface area contributed by atoms with Gasteiger partial charge in [-0.15, -0.1) is 0 Å². The standard InChI is InChI=1S/C7H21N3Si/c1-7(2)6-11(8-3,9-4)10-5/h7-10H,6H2,1-5H3. The first kappa shape index (κ1) is 11.1. The molecule has 0 spiro atoms. The van der Waals surface area contributed by atoms with Crippen LogP contribution in [0.25, 0.3) is 0 Å². The first-order chi connectivity index (χ1) is 5.10. The molecule has 0 atom stereocenters. The third-order valence-corrected chi connectivity index (χ3v) is 5.98. The fraction of sp³-hybridized carbons (Fsp3) is 1.00. The zero-order valence-electron chi connectivity index (χ0n) is 8.28. The van der Waals surface area contributed by atoms with Gasteiger partial charge in [0, 0.05) is 0 Å². The van der Waals surface area contributed by atoms with Crippen LogP contribution in [0, 0.1) is 5.92 Å². The second-order valence-corrected chi connectivity index (χ2v) is 6.97. The summed E-state index contributed by atoms with van der Waals surface area (Å²) in [6.45, 7) is 4.49. The molecule has 3 nitrogen and oxygen atoms in total. The monoisotopic (exact) mass is 175 g/mol. The third kappa shape index (κ3) is 3.33. The molecule has 3 N–H and O–H groups in total. The molecule has 11 heavy (non-hydrogen) atoms. The number of rotatable bonds is 5. The van der Waals surface area contributed by atoms with Gasteiger partial charge in [0.05, 0.1) is 0 Å². The van der Waals surface area contributed by atoms with Gasteiger partial charge in [-0.05, 0) is 33.1 Å². The summed E-state index contributed by atoms with van der Waals surface area (Å²) >= 11 is 0. The highest BCUT2D eigenvalue weighted by Gasteiger charge is 2.29. The highest BCUT2D eigenvalue weighted by molar-refractivity contribution is 6.72. The van der Waals surface area contributed by atoms with Crippen LogP contribution in [0.3, 0.4) is 0 Å². The van der Waals surface area contributed by atoms with Gasteiger partial charge in [-0.1, -0.05) is 13.8 Å². The number of hydrogen-bond acceptors (Lipinski definition) is 3. The Kier molecular flexibility index (Phi) is 4.91. The Morgan fingerprint density at radius 2 is 1.36 bits per heavy atom. The normalized spacial score (nSPS) is 12.5. The predicted octanol–water partition coefficient (Wildman–Crippen LogP) is 0.240. The Morgan fingerprint density at radius 3 is 1.45 bits per heavy atom. The van der Waals surface area contributed by atoms with Crippen LogP contribution in [-0.2, 0) is 0 Å². The summed E-state index contributed by atoms with van der Waals surface area (Å²) in [4.78, 5) is 10.1. The van der Waals surface area contributed by atoms with Gasteiger partial charge >= 0.3 is 0 Å². The first-order valence-corrected chi connectivity index (χ1v) is 6.37. The zero-order chi connectivity index (χ0) is 8.91. The summed E-state index contributed by atoms with van der Waals surface area (Å²) in [7, 11) is 4.52. The zero-order valence-corrected chi connectivity index (χ0v) is 9.28. The molecule has 0 aliphatic rings. The van der Waals surface area contributed by atoms with Gasteiger partial charge in [-0.2, -0.15) is 0 Å². The molecule has 0 bridgehead atoms. The van der Waals surface area contributed by atoms with Gasteiger partial charge in [-0.3, -0.25) is 0 Å². The fourth-order valence-corrected chi connectivity index (χ4v) is 3.88. The Balaban J connectivity index is 4.05.